The van der Waals surface area contributed by atoms with Gasteiger partial charge in [-0.2, -0.15) is 0 Å². The summed E-state index contributed by atoms with van der Waals surface area (Å²) in [6.07, 6.45) is 0. The van der Waals surface area contributed by atoms with Crippen LogP contribution in [0.3, 0.4) is 0 Å². The summed E-state index contributed by atoms with van der Waals surface area (Å²) in [6, 6.07) is 31.0. The first-order chi connectivity index (χ1) is 9.86. The van der Waals surface area contributed by atoms with Crippen LogP contribution in [0.5, 0.6) is 0 Å². The van der Waals surface area contributed by atoms with Gasteiger partial charge < -0.3 is 0 Å². The molecule has 98 valence electrons. The predicted molar refractivity (Wildman–Crippen MR) is 88.7 cm³/mol. The Balaban J connectivity index is 2.17. The third-order valence-corrected chi connectivity index (χ3v) is 13.5. The SMILES string of the molecule is Cc1cccc[c]1[Bi]([c]1ccccc1)[c]1ccccc1. The summed E-state index contributed by atoms with van der Waals surface area (Å²) in [6.45, 7) is 2.24. The number of benzene rings is 3. The van der Waals surface area contributed by atoms with Crippen molar-refractivity contribution in [3.63, 3.8) is 0 Å². The average Bonchev–Trinajstić information content (AvgIpc) is 2.52. The van der Waals surface area contributed by atoms with Crippen molar-refractivity contribution < 1.29 is 0 Å². The van der Waals surface area contributed by atoms with Gasteiger partial charge in [-0.3, -0.25) is 0 Å². The fourth-order valence-electron chi connectivity index (χ4n) is 2.40. The summed E-state index contributed by atoms with van der Waals surface area (Å²) < 4.78 is 4.67. The molecule has 0 aromatic heterocycles. The third-order valence-electron chi connectivity index (χ3n) is 3.39. The van der Waals surface area contributed by atoms with Gasteiger partial charge in [0.1, 0.15) is 0 Å². The van der Waals surface area contributed by atoms with E-state index in [0.29, 0.717) is 0 Å². The quantitative estimate of drug-likeness (QED) is 0.534. The molecule has 0 nitrogen and oxygen atoms in total. The number of aryl methyl sites for hydroxylation is 1. The summed E-state index contributed by atoms with van der Waals surface area (Å²) in [5.41, 5.74) is 1.43. The molecule has 3 rings (SSSR count). The maximum absolute atomic E-state index is 2.33. The van der Waals surface area contributed by atoms with E-state index < -0.39 is 21.8 Å². The van der Waals surface area contributed by atoms with Crippen LogP contribution >= 0.6 is 0 Å². The van der Waals surface area contributed by atoms with E-state index in [1.807, 2.05) is 0 Å². The van der Waals surface area contributed by atoms with E-state index in [1.165, 1.54) is 5.56 Å². The van der Waals surface area contributed by atoms with Crippen LogP contribution in [0.1, 0.15) is 5.56 Å². The Morgan fingerprint density at radius 1 is 0.550 bits per heavy atom. The number of hydrogen-bond acceptors (Lipinski definition) is 0. The molecule has 0 saturated carbocycles. The van der Waals surface area contributed by atoms with Crippen molar-refractivity contribution >= 4 is 31.6 Å². The van der Waals surface area contributed by atoms with E-state index >= 15 is 0 Å². The molecule has 20 heavy (non-hydrogen) atoms. The molecule has 0 aliphatic rings. The summed E-state index contributed by atoms with van der Waals surface area (Å²) in [7, 11) is 0. The first kappa shape index (κ1) is 13.5. The van der Waals surface area contributed by atoms with Crippen LogP contribution in [0.4, 0.5) is 0 Å². The van der Waals surface area contributed by atoms with Crippen LogP contribution in [-0.4, -0.2) is 21.8 Å². The molecule has 3 aromatic rings. The summed E-state index contributed by atoms with van der Waals surface area (Å²) in [5, 5.41) is 0. The molecule has 1 heteroatoms. The molecule has 0 heterocycles. The van der Waals surface area contributed by atoms with Crippen LogP contribution in [0, 0.1) is 6.92 Å². The van der Waals surface area contributed by atoms with Crippen molar-refractivity contribution in [2.45, 2.75) is 6.92 Å². The van der Waals surface area contributed by atoms with Gasteiger partial charge in [-0.05, 0) is 0 Å². The van der Waals surface area contributed by atoms with Crippen molar-refractivity contribution in [1.29, 1.82) is 0 Å². The van der Waals surface area contributed by atoms with Gasteiger partial charge in [-0.15, -0.1) is 0 Å². The number of rotatable bonds is 3. The Kier molecular flexibility index (Phi) is 4.28. The van der Waals surface area contributed by atoms with Gasteiger partial charge in [0.05, 0.1) is 0 Å². The zero-order valence-corrected chi connectivity index (χ0v) is 15.0. The predicted octanol–water partition coefficient (Wildman–Crippen LogP) is 2.51. The molecule has 0 N–H and O–H groups in total. The standard InChI is InChI=1S/C7H7.2C6H5.Bi/c1-7-5-3-2-4-6-7;2*1-2-4-6-5-3-1;/h2-5H,1H3;2*1-5H;. The van der Waals surface area contributed by atoms with Gasteiger partial charge >= 0.3 is 129 Å². The van der Waals surface area contributed by atoms with E-state index in [1.54, 1.807) is 9.81 Å². The summed E-state index contributed by atoms with van der Waals surface area (Å²) >= 11 is -2.12. The van der Waals surface area contributed by atoms with Crippen molar-refractivity contribution in [1.82, 2.24) is 0 Å². The summed E-state index contributed by atoms with van der Waals surface area (Å²) in [5.74, 6) is 0. The van der Waals surface area contributed by atoms with E-state index in [4.69, 9.17) is 0 Å². The van der Waals surface area contributed by atoms with Crippen LogP contribution in [0.2, 0.25) is 0 Å². The zero-order valence-electron chi connectivity index (χ0n) is 11.5. The topological polar surface area (TPSA) is 0 Å². The Morgan fingerprint density at radius 3 is 1.50 bits per heavy atom. The Labute approximate surface area is 128 Å². The van der Waals surface area contributed by atoms with E-state index in [0.717, 1.165) is 0 Å². The van der Waals surface area contributed by atoms with Crippen molar-refractivity contribution in [3.8, 4) is 0 Å². The zero-order chi connectivity index (χ0) is 13.8. The van der Waals surface area contributed by atoms with Gasteiger partial charge in [0, 0.05) is 0 Å². The van der Waals surface area contributed by atoms with Gasteiger partial charge in [-0.25, -0.2) is 0 Å². The Bertz CT molecular complexity index is 635. The van der Waals surface area contributed by atoms with E-state index in [-0.39, 0.29) is 0 Å². The second-order valence-corrected chi connectivity index (χ2v) is 13.3. The van der Waals surface area contributed by atoms with Crippen molar-refractivity contribution in [3.05, 3.63) is 90.5 Å². The van der Waals surface area contributed by atoms with Crippen molar-refractivity contribution in [2.75, 3.05) is 0 Å². The molecule has 0 unspecified atom stereocenters. The monoisotopic (exact) mass is 454 g/mol. The first-order valence-electron chi connectivity index (χ1n) is 6.82. The molecule has 0 atom stereocenters. The molecule has 0 saturated heterocycles. The first-order valence-corrected chi connectivity index (χ1v) is 12.0. The van der Waals surface area contributed by atoms with Crippen LogP contribution < -0.4 is 9.81 Å². The average molecular weight is 454 g/mol. The molecule has 0 fully saturated rings. The minimum absolute atomic E-state index is 1.43. The second-order valence-electron chi connectivity index (χ2n) is 4.79. The fourth-order valence-corrected chi connectivity index (χ4v) is 11.9. The summed E-state index contributed by atoms with van der Waals surface area (Å²) in [4.78, 5) is 0. The molecule has 0 spiro atoms. The molecule has 0 bridgehead atoms. The van der Waals surface area contributed by atoms with Crippen LogP contribution in [0.15, 0.2) is 84.9 Å². The Hall–Kier alpha value is -1.46. The maximum atomic E-state index is 2.33. The van der Waals surface area contributed by atoms with Gasteiger partial charge in [0.25, 0.3) is 0 Å². The minimum atomic E-state index is -2.12. The molecule has 3 aromatic carbocycles. The van der Waals surface area contributed by atoms with Crippen molar-refractivity contribution in [2.24, 2.45) is 0 Å². The molecule has 0 radical (unpaired) electrons. The molecule has 0 amide bonds. The second kappa shape index (κ2) is 6.33. The third kappa shape index (κ3) is 2.84. The van der Waals surface area contributed by atoms with E-state index in [2.05, 4.69) is 91.9 Å². The number of hydrogen-bond donors (Lipinski definition) is 0. The van der Waals surface area contributed by atoms with Gasteiger partial charge in [-0.1, -0.05) is 0 Å². The van der Waals surface area contributed by atoms with Crippen LogP contribution in [0.25, 0.3) is 0 Å². The normalized spacial score (nSPS) is 10.7. The van der Waals surface area contributed by atoms with Gasteiger partial charge in [0.2, 0.25) is 0 Å². The Morgan fingerprint density at radius 2 is 1.00 bits per heavy atom. The molecular weight excluding hydrogens is 437 g/mol. The molecule has 0 aliphatic heterocycles. The molecular formula is C19H17Bi. The van der Waals surface area contributed by atoms with Gasteiger partial charge in [0.15, 0.2) is 0 Å². The fraction of sp³-hybridized carbons (Fsp3) is 0.0526. The molecule has 0 aliphatic carbocycles. The van der Waals surface area contributed by atoms with E-state index in [9.17, 15) is 0 Å². The van der Waals surface area contributed by atoms with Crippen LogP contribution in [-0.2, 0) is 0 Å².